The second kappa shape index (κ2) is 9.22. The summed E-state index contributed by atoms with van der Waals surface area (Å²) in [4.78, 5) is 0. The summed E-state index contributed by atoms with van der Waals surface area (Å²) in [6, 6.07) is 53.7. The van der Waals surface area contributed by atoms with Crippen LogP contribution in [0.1, 0.15) is 0 Å². The molecule has 0 aliphatic heterocycles. The molecule has 0 aliphatic carbocycles. The van der Waals surface area contributed by atoms with Crippen LogP contribution in [0, 0.1) is 0 Å². The van der Waals surface area contributed by atoms with E-state index in [9.17, 15) is 0 Å². The van der Waals surface area contributed by atoms with E-state index in [4.69, 9.17) is 8.83 Å². The van der Waals surface area contributed by atoms with Crippen LogP contribution < -0.4 is 0 Å². The van der Waals surface area contributed by atoms with Crippen molar-refractivity contribution in [2.24, 2.45) is 0 Å². The van der Waals surface area contributed by atoms with E-state index in [2.05, 4.69) is 150 Å². The summed E-state index contributed by atoms with van der Waals surface area (Å²) in [5, 5.41) is 6.79. The third kappa shape index (κ3) is 3.65. The highest BCUT2D eigenvalue weighted by Gasteiger charge is 2.16. The van der Waals surface area contributed by atoms with Gasteiger partial charge in [-0.15, -0.1) is 0 Å². The molecule has 0 unspecified atom stereocenters. The zero-order valence-corrected chi connectivity index (χ0v) is 24.2. The van der Waals surface area contributed by atoms with Crippen molar-refractivity contribution in [3.63, 3.8) is 0 Å². The Kier molecular flexibility index (Phi) is 5.00. The van der Waals surface area contributed by atoms with E-state index in [1.165, 1.54) is 38.5 Å². The summed E-state index contributed by atoms with van der Waals surface area (Å²) in [5.41, 5.74) is 11.7. The Morgan fingerprint density at radius 1 is 0.311 bits per heavy atom. The molecule has 0 saturated carbocycles. The Morgan fingerprint density at radius 3 is 1.47 bits per heavy atom. The molecule has 0 radical (unpaired) electrons. The molecule has 7 aromatic carbocycles. The topological polar surface area (TPSA) is 31.2 Å². The summed E-state index contributed by atoms with van der Waals surface area (Å²) < 4.78 is 15.1. The van der Waals surface area contributed by atoms with Crippen LogP contribution in [0.3, 0.4) is 0 Å². The molecule has 0 spiro atoms. The summed E-state index contributed by atoms with van der Waals surface area (Å²) in [7, 11) is 0. The van der Waals surface area contributed by atoms with E-state index in [1.807, 2.05) is 6.07 Å². The van der Waals surface area contributed by atoms with Gasteiger partial charge in [0.25, 0.3) is 0 Å². The summed E-state index contributed by atoms with van der Waals surface area (Å²) in [5.74, 6) is 0. The Balaban J connectivity index is 1.13. The lowest BCUT2D eigenvalue weighted by molar-refractivity contribution is 0.664. The van der Waals surface area contributed by atoms with Crippen LogP contribution in [0.2, 0.25) is 0 Å². The molecular formula is C42H25NO2. The van der Waals surface area contributed by atoms with E-state index >= 15 is 0 Å². The van der Waals surface area contributed by atoms with Crippen LogP contribution in [0.15, 0.2) is 160 Å². The SMILES string of the molecule is c1ccc(-c2ccc3oc4cc5c(cc4c3c2)oc2ccc(-c3ccc4c(c3)c3ccccc3n4-c3ccccc3)cc25)cc1. The number of para-hydroxylation sites is 2. The Bertz CT molecular complexity index is 2740. The van der Waals surface area contributed by atoms with Crippen molar-refractivity contribution >= 4 is 65.7 Å². The lowest BCUT2D eigenvalue weighted by atomic mass is 10.00. The monoisotopic (exact) mass is 575 g/mol. The maximum atomic E-state index is 6.42. The third-order valence-electron chi connectivity index (χ3n) is 9.19. The van der Waals surface area contributed by atoms with Crippen molar-refractivity contribution in [2.45, 2.75) is 0 Å². The fraction of sp³-hybridized carbons (Fsp3) is 0. The van der Waals surface area contributed by atoms with Gasteiger partial charge in [0, 0.05) is 38.0 Å². The zero-order chi connectivity index (χ0) is 29.5. The molecule has 3 heterocycles. The Labute approximate surface area is 258 Å². The van der Waals surface area contributed by atoms with E-state index in [0.717, 1.165) is 55.1 Å². The van der Waals surface area contributed by atoms with E-state index in [0.29, 0.717) is 0 Å². The van der Waals surface area contributed by atoms with Gasteiger partial charge in [-0.3, -0.25) is 0 Å². The first-order chi connectivity index (χ1) is 22.3. The number of rotatable bonds is 3. The van der Waals surface area contributed by atoms with Crippen LogP contribution >= 0.6 is 0 Å². The molecule has 0 saturated heterocycles. The fourth-order valence-electron chi connectivity index (χ4n) is 7.04. The average molecular weight is 576 g/mol. The molecule has 0 bridgehead atoms. The first-order valence-corrected chi connectivity index (χ1v) is 15.3. The predicted octanol–water partition coefficient (Wildman–Crippen LogP) is 11.9. The quantitative estimate of drug-likeness (QED) is 0.210. The minimum atomic E-state index is 0.865. The van der Waals surface area contributed by atoms with Gasteiger partial charge in [0.1, 0.15) is 22.3 Å². The number of hydrogen-bond acceptors (Lipinski definition) is 2. The Hall–Kier alpha value is -6.06. The first kappa shape index (κ1) is 24.4. The van der Waals surface area contributed by atoms with Crippen molar-refractivity contribution in [1.82, 2.24) is 4.57 Å². The van der Waals surface area contributed by atoms with Gasteiger partial charge in [-0.2, -0.15) is 0 Å². The molecule has 3 aromatic heterocycles. The highest BCUT2D eigenvalue weighted by molar-refractivity contribution is 6.16. The maximum Gasteiger partial charge on any atom is 0.136 e. The smallest absolute Gasteiger partial charge is 0.136 e. The largest absolute Gasteiger partial charge is 0.456 e. The predicted molar refractivity (Wildman–Crippen MR) is 186 cm³/mol. The summed E-state index contributed by atoms with van der Waals surface area (Å²) in [6.07, 6.45) is 0. The minimum Gasteiger partial charge on any atom is -0.456 e. The molecule has 3 heteroatoms. The van der Waals surface area contributed by atoms with Crippen molar-refractivity contribution in [2.75, 3.05) is 0 Å². The van der Waals surface area contributed by atoms with Crippen LogP contribution in [0.4, 0.5) is 0 Å². The van der Waals surface area contributed by atoms with Crippen LogP contribution in [0.25, 0.3) is 93.6 Å². The first-order valence-electron chi connectivity index (χ1n) is 15.3. The molecule has 0 aliphatic rings. The van der Waals surface area contributed by atoms with Crippen molar-refractivity contribution in [3.05, 3.63) is 152 Å². The molecule has 45 heavy (non-hydrogen) atoms. The van der Waals surface area contributed by atoms with Crippen molar-refractivity contribution in [3.8, 4) is 27.9 Å². The zero-order valence-electron chi connectivity index (χ0n) is 24.2. The number of hydrogen-bond donors (Lipinski definition) is 0. The van der Waals surface area contributed by atoms with Gasteiger partial charge < -0.3 is 13.4 Å². The van der Waals surface area contributed by atoms with Crippen LogP contribution in [-0.4, -0.2) is 4.57 Å². The fourth-order valence-corrected chi connectivity index (χ4v) is 7.04. The van der Waals surface area contributed by atoms with Gasteiger partial charge in [-0.25, -0.2) is 0 Å². The molecular weight excluding hydrogens is 550 g/mol. The normalized spacial score (nSPS) is 12.0. The molecule has 10 aromatic rings. The van der Waals surface area contributed by atoms with Crippen LogP contribution in [0.5, 0.6) is 0 Å². The highest BCUT2D eigenvalue weighted by atomic mass is 16.3. The number of fused-ring (bicyclic) bond motifs is 9. The van der Waals surface area contributed by atoms with Gasteiger partial charge in [0.05, 0.1) is 11.0 Å². The number of aromatic nitrogens is 1. The molecule has 0 amide bonds. The lowest BCUT2D eigenvalue weighted by Gasteiger charge is -2.08. The van der Waals surface area contributed by atoms with Gasteiger partial charge in [-0.1, -0.05) is 84.9 Å². The molecule has 210 valence electrons. The molecule has 10 rings (SSSR count). The van der Waals surface area contributed by atoms with Gasteiger partial charge in [0.15, 0.2) is 0 Å². The number of furan rings is 2. The molecule has 0 fully saturated rings. The highest BCUT2D eigenvalue weighted by Crippen LogP contribution is 2.40. The number of nitrogens with zero attached hydrogens (tertiary/aromatic N) is 1. The molecule has 0 atom stereocenters. The second-order valence-electron chi connectivity index (χ2n) is 11.8. The third-order valence-corrected chi connectivity index (χ3v) is 9.19. The van der Waals surface area contributed by atoms with Crippen molar-refractivity contribution < 1.29 is 8.83 Å². The average Bonchev–Trinajstić information content (AvgIpc) is 3.76. The molecule has 0 N–H and O–H groups in total. The second-order valence-corrected chi connectivity index (χ2v) is 11.8. The number of benzene rings is 7. The summed E-state index contributed by atoms with van der Waals surface area (Å²) >= 11 is 0. The van der Waals surface area contributed by atoms with Crippen molar-refractivity contribution in [1.29, 1.82) is 0 Å². The lowest BCUT2D eigenvalue weighted by Crippen LogP contribution is -1.92. The van der Waals surface area contributed by atoms with Gasteiger partial charge in [-0.05, 0) is 89.0 Å². The van der Waals surface area contributed by atoms with Gasteiger partial charge >= 0.3 is 0 Å². The molecule has 3 nitrogen and oxygen atoms in total. The van der Waals surface area contributed by atoms with Crippen LogP contribution in [-0.2, 0) is 0 Å². The minimum absolute atomic E-state index is 0.865. The summed E-state index contributed by atoms with van der Waals surface area (Å²) in [6.45, 7) is 0. The Morgan fingerprint density at radius 2 is 0.800 bits per heavy atom. The standard InChI is InChI=1S/C42H25NO2/c1-3-9-26(10-4-1)27-16-19-39-33(22-27)35-24-42-36(25-41(35)44-39)34-23-29(17-20-40(34)45-42)28-15-18-38-32(21-28)31-13-7-8-14-37(31)43(38)30-11-5-2-6-12-30/h1-25H. The van der Waals surface area contributed by atoms with E-state index in [-0.39, 0.29) is 0 Å². The van der Waals surface area contributed by atoms with Gasteiger partial charge in [0.2, 0.25) is 0 Å². The van der Waals surface area contributed by atoms with E-state index in [1.54, 1.807) is 0 Å². The van der Waals surface area contributed by atoms with E-state index < -0.39 is 0 Å². The maximum absolute atomic E-state index is 6.42.